The maximum atomic E-state index is 3.69. The monoisotopic (exact) mass is 346 g/mol. The lowest BCUT2D eigenvalue weighted by molar-refractivity contribution is 0.138. The summed E-state index contributed by atoms with van der Waals surface area (Å²) >= 11 is 2.04. The average molecular weight is 347 g/mol. The predicted octanol–water partition coefficient (Wildman–Crippen LogP) is 4.70. The summed E-state index contributed by atoms with van der Waals surface area (Å²) in [6, 6.07) is 12.6. The van der Waals surface area contributed by atoms with Gasteiger partial charge in [-0.2, -0.15) is 11.8 Å². The van der Waals surface area contributed by atoms with E-state index in [1.165, 1.54) is 75.8 Å². The van der Waals surface area contributed by atoms with Crippen LogP contribution in [0.5, 0.6) is 0 Å². The lowest BCUT2D eigenvalue weighted by atomic mass is 10.1. The Bertz CT molecular complexity index is 422. The van der Waals surface area contributed by atoms with Crippen molar-refractivity contribution in [1.82, 2.24) is 10.2 Å². The van der Waals surface area contributed by atoms with E-state index in [4.69, 9.17) is 0 Å². The molecule has 3 rings (SSSR count). The summed E-state index contributed by atoms with van der Waals surface area (Å²) < 4.78 is 0. The van der Waals surface area contributed by atoms with Crippen LogP contribution in [0.3, 0.4) is 0 Å². The van der Waals surface area contributed by atoms with E-state index >= 15 is 0 Å². The molecule has 2 aliphatic rings. The molecule has 0 unspecified atom stereocenters. The minimum atomic E-state index is 0.891. The first-order valence-corrected chi connectivity index (χ1v) is 11.2. The molecule has 24 heavy (non-hydrogen) atoms. The topological polar surface area (TPSA) is 15.3 Å². The van der Waals surface area contributed by atoms with E-state index in [-0.39, 0.29) is 0 Å². The quantitative estimate of drug-likeness (QED) is 0.618. The van der Waals surface area contributed by atoms with Crippen LogP contribution in [0.2, 0.25) is 0 Å². The molecule has 0 amide bonds. The highest BCUT2D eigenvalue weighted by Crippen LogP contribution is 2.31. The second-order valence-electron chi connectivity index (χ2n) is 7.40. The minimum absolute atomic E-state index is 0.891. The molecule has 2 nitrogen and oxygen atoms in total. The van der Waals surface area contributed by atoms with Crippen LogP contribution in [-0.4, -0.2) is 42.4 Å². The summed E-state index contributed by atoms with van der Waals surface area (Å²) in [5, 5.41) is 3.69. The van der Waals surface area contributed by atoms with Gasteiger partial charge in [0, 0.05) is 43.2 Å². The summed E-state index contributed by atoms with van der Waals surface area (Å²) in [5.41, 5.74) is 1.44. The van der Waals surface area contributed by atoms with Gasteiger partial charge in [-0.15, -0.1) is 0 Å². The Hall–Kier alpha value is -0.510. The van der Waals surface area contributed by atoms with E-state index in [1.54, 1.807) is 0 Å². The van der Waals surface area contributed by atoms with Gasteiger partial charge < -0.3 is 5.32 Å². The van der Waals surface area contributed by atoms with Gasteiger partial charge in [0.2, 0.25) is 0 Å². The number of benzene rings is 1. The van der Waals surface area contributed by atoms with Gasteiger partial charge in [0.1, 0.15) is 0 Å². The standard InChI is InChI=1S/C21H34N2S/c1-2-8-19(9-3-1)18-24-17-15-22-14-16-23(20-10-4-5-11-20)21-12-6-7-13-21/h1-3,8-9,20-22H,4-7,10-18H2. The van der Waals surface area contributed by atoms with E-state index in [0.717, 1.165) is 24.4 Å². The number of thioether (sulfide) groups is 1. The number of nitrogens with zero attached hydrogens (tertiary/aromatic N) is 1. The Balaban J connectivity index is 1.29. The van der Waals surface area contributed by atoms with E-state index in [2.05, 4.69) is 40.5 Å². The van der Waals surface area contributed by atoms with Crippen LogP contribution < -0.4 is 5.32 Å². The Morgan fingerprint density at radius 3 is 2.12 bits per heavy atom. The molecule has 1 aromatic rings. The Kier molecular flexibility index (Phi) is 7.98. The van der Waals surface area contributed by atoms with Crippen molar-refractivity contribution in [2.24, 2.45) is 0 Å². The maximum absolute atomic E-state index is 3.69. The third-order valence-electron chi connectivity index (χ3n) is 5.67. The molecule has 3 heteroatoms. The van der Waals surface area contributed by atoms with Crippen LogP contribution in [0, 0.1) is 0 Å². The summed E-state index contributed by atoms with van der Waals surface area (Å²) in [5.74, 6) is 2.35. The molecule has 0 bridgehead atoms. The van der Waals surface area contributed by atoms with Crippen LogP contribution in [0.1, 0.15) is 56.9 Å². The first-order valence-electron chi connectivity index (χ1n) is 10.0. The molecule has 0 aliphatic heterocycles. The summed E-state index contributed by atoms with van der Waals surface area (Å²) in [6.07, 6.45) is 11.6. The van der Waals surface area contributed by atoms with Crippen molar-refractivity contribution >= 4 is 11.8 Å². The second-order valence-corrected chi connectivity index (χ2v) is 8.51. The molecule has 0 spiro atoms. The largest absolute Gasteiger partial charge is 0.315 e. The van der Waals surface area contributed by atoms with Gasteiger partial charge in [-0.1, -0.05) is 56.0 Å². The van der Waals surface area contributed by atoms with Gasteiger partial charge in [0.15, 0.2) is 0 Å². The molecule has 2 fully saturated rings. The van der Waals surface area contributed by atoms with Gasteiger partial charge in [0.05, 0.1) is 0 Å². The van der Waals surface area contributed by atoms with Crippen LogP contribution in [-0.2, 0) is 5.75 Å². The fourth-order valence-electron chi connectivity index (χ4n) is 4.38. The molecule has 1 aromatic carbocycles. The SMILES string of the molecule is c1ccc(CSCCNCCN(C2CCCC2)C2CCCC2)cc1. The van der Waals surface area contributed by atoms with Crippen LogP contribution in [0.4, 0.5) is 0 Å². The zero-order valence-electron chi connectivity index (χ0n) is 15.1. The molecule has 2 aliphatic carbocycles. The third kappa shape index (κ3) is 5.79. The average Bonchev–Trinajstić information content (AvgIpc) is 3.32. The molecular formula is C21H34N2S. The highest BCUT2D eigenvalue weighted by Gasteiger charge is 2.29. The maximum Gasteiger partial charge on any atom is 0.0185 e. The zero-order valence-corrected chi connectivity index (χ0v) is 15.9. The van der Waals surface area contributed by atoms with Crippen LogP contribution in [0.25, 0.3) is 0 Å². The second kappa shape index (κ2) is 10.5. The van der Waals surface area contributed by atoms with Gasteiger partial charge in [-0.3, -0.25) is 4.90 Å². The van der Waals surface area contributed by atoms with Gasteiger partial charge >= 0.3 is 0 Å². The number of hydrogen-bond donors (Lipinski definition) is 1. The van der Waals surface area contributed by atoms with Gasteiger partial charge in [-0.25, -0.2) is 0 Å². The molecule has 0 radical (unpaired) electrons. The number of nitrogens with one attached hydrogen (secondary N) is 1. The van der Waals surface area contributed by atoms with Crippen molar-refractivity contribution in [2.75, 3.05) is 25.4 Å². The predicted molar refractivity (Wildman–Crippen MR) is 107 cm³/mol. The molecule has 0 heterocycles. The molecule has 134 valence electrons. The molecule has 2 saturated carbocycles. The Morgan fingerprint density at radius 1 is 0.875 bits per heavy atom. The summed E-state index contributed by atoms with van der Waals surface area (Å²) in [6.45, 7) is 3.57. The molecule has 0 saturated heterocycles. The lowest BCUT2D eigenvalue weighted by Gasteiger charge is -2.34. The number of hydrogen-bond acceptors (Lipinski definition) is 3. The first kappa shape index (κ1) is 18.3. The zero-order chi connectivity index (χ0) is 16.5. The highest BCUT2D eigenvalue weighted by molar-refractivity contribution is 7.98. The summed E-state index contributed by atoms with van der Waals surface area (Å²) in [4.78, 5) is 2.88. The van der Waals surface area contributed by atoms with Crippen molar-refractivity contribution in [3.05, 3.63) is 35.9 Å². The van der Waals surface area contributed by atoms with Crippen LogP contribution >= 0.6 is 11.8 Å². The van der Waals surface area contributed by atoms with Gasteiger partial charge in [-0.05, 0) is 31.2 Å². The minimum Gasteiger partial charge on any atom is -0.315 e. The van der Waals surface area contributed by atoms with E-state index in [9.17, 15) is 0 Å². The lowest BCUT2D eigenvalue weighted by Crippen LogP contribution is -2.44. The van der Waals surface area contributed by atoms with Gasteiger partial charge in [0.25, 0.3) is 0 Å². The highest BCUT2D eigenvalue weighted by atomic mass is 32.2. The number of rotatable bonds is 10. The van der Waals surface area contributed by atoms with Crippen molar-refractivity contribution < 1.29 is 0 Å². The van der Waals surface area contributed by atoms with E-state index in [1.807, 2.05) is 11.8 Å². The molecule has 0 atom stereocenters. The fraction of sp³-hybridized carbons (Fsp3) is 0.714. The molecular weight excluding hydrogens is 312 g/mol. The molecule has 0 aromatic heterocycles. The van der Waals surface area contributed by atoms with Crippen molar-refractivity contribution in [1.29, 1.82) is 0 Å². The fourth-order valence-corrected chi connectivity index (χ4v) is 5.24. The summed E-state index contributed by atoms with van der Waals surface area (Å²) in [7, 11) is 0. The first-order chi connectivity index (χ1) is 11.9. The normalized spacial score (nSPS) is 19.5. The van der Waals surface area contributed by atoms with Crippen molar-refractivity contribution in [3.63, 3.8) is 0 Å². The van der Waals surface area contributed by atoms with E-state index < -0.39 is 0 Å². The van der Waals surface area contributed by atoms with Crippen LogP contribution in [0.15, 0.2) is 30.3 Å². The van der Waals surface area contributed by atoms with E-state index in [0.29, 0.717) is 0 Å². The van der Waals surface area contributed by atoms with Crippen molar-refractivity contribution in [2.45, 2.75) is 69.2 Å². The smallest absolute Gasteiger partial charge is 0.0185 e. The third-order valence-corrected chi connectivity index (χ3v) is 6.70. The van der Waals surface area contributed by atoms with Crippen molar-refractivity contribution in [3.8, 4) is 0 Å². The Labute approximate surface area is 152 Å². The molecule has 1 N–H and O–H groups in total. The Morgan fingerprint density at radius 2 is 1.50 bits per heavy atom.